The van der Waals surface area contributed by atoms with Gasteiger partial charge in [0.1, 0.15) is 33.6 Å². The van der Waals surface area contributed by atoms with Crippen molar-refractivity contribution in [3.05, 3.63) is 0 Å². The number of nitrogens with two attached hydrogens (primary N) is 1. The molecule has 35 heteroatoms. The Morgan fingerprint density at radius 2 is 0.838 bits per heavy atom. The fourth-order valence-electron chi connectivity index (χ4n) is 12.2. The van der Waals surface area contributed by atoms with E-state index in [-0.39, 0.29) is 188 Å². The van der Waals surface area contributed by atoms with E-state index in [1.165, 1.54) is 28.4 Å². The molecule has 630 valence electrons. The fourth-order valence-corrected chi connectivity index (χ4v) is 12.2. The Morgan fingerprint density at radius 1 is 0.477 bits per heavy atom. The van der Waals surface area contributed by atoms with Gasteiger partial charge in [-0.3, -0.25) is 28.8 Å². The molecule has 33 nitrogen and oxygen atoms in total. The quantitative estimate of drug-likeness (QED) is 0.0573. The van der Waals surface area contributed by atoms with Crippen LogP contribution >= 0.6 is 0 Å². The summed E-state index contributed by atoms with van der Waals surface area (Å²) in [5.74, 6) is -0.611. The van der Waals surface area contributed by atoms with Gasteiger partial charge >= 0.3 is 163 Å². The third kappa shape index (κ3) is 47.2. The SMILES string of the molecule is CC(C)(C)OC(=O)N1CCCC2(CCNC2=O)CC1.CC(C)(C)OC(=O)OC(=O)OC(C)(C)C.COC(=O)C1(CC#N)CCCN(C(=O)OC(C)(C)C)CC1.COC(=O)C1(CCN)CCCN(C(=O)OC(C)(C)C)CC1.COC(=O)C1CCCN(C(=O)OC(C)(C)C)CC1.COC(=O)C1CCCNCC1.O=CO[O-].[H-].[K+].[K+]. The normalized spacial score (nSPS) is 21.3. The molecule has 0 aliphatic carbocycles. The molecular formula is C76H134K2N8O25. The standard InChI is InChI=1S/C15H28N2O4.C15H24N2O4.C14H24N2O3.C13H23NO4.C10H18O5.C8H15NO2.CH2O3.2K.H/c2*1-14(2,3)21-13(19)17-10-5-6-15(7-9-16,8-11-17)12(18)20-4;1-13(2,3)19-12(18)16-9-4-5-14(7-10-16)6-8-15-11(14)17;1-13(2,3)18-12(16)14-8-5-6-10(7-9-14)11(15)17-4;1-9(2,3)14-7(11)13-8(12)15-10(4,5)6;1-11-8(10)7-3-2-5-9-6-4-7;2-1-4-3;;;/h5-11,16H2,1-4H3;5-8,10-11H2,1-4H3;4-10H2,1-3H3,(H,15,17);10H,5-9H2,1-4H3;1-6H3;7,9H,2-6H2,1H3;1,3H;;;/q;;;;;;;2*+1;-1/p-1. The molecule has 6 aliphatic heterocycles. The minimum absolute atomic E-state index is 0. The maximum absolute atomic E-state index is 12.1. The monoisotopic (exact) mass is 1640 g/mol. The van der Waals surface area contributed by atoms with Gasteiger partial charge in [0.25, 0.3) is 6.47 Å². The molecule has 4 N–H and O–H groups in total. The van der Waals surface area contributed by atoms with E-state index >= 15 is 0 Å². The van der Waals surface area contributed by atoms with E-state index in [0.717, 1.165) is 83.8 Å². The molecule has 5 amide bonds. The molecule has 6 saturated heterocycles. The van der Waals surface area contributed by atoms with Crippen LogP contribution in [0, 0.1) is 39.4 Å². The maximum atomic E-state index is 12.1. The second kappa shape index (κ2) is 53.5. The van der Waals surface area contributed by atoms with Crippen LogP contribution < -0.4 is 124 Å². The summed E-state index contributed by atoms with van der Waals surface area (Å²) < 4.78 is 54.5. The van der Waals surface area contributed by atoms with Crippen molar-refractivity contribution in [2.75, 3.05) is 107 Å². The Balaban J connectivity index is -0.000000621. The zero-order valence-electron chi connectivity index (χ0n) is 72.5. The molecule has 5 atom stereocenters. The number of nitrogens with zero attached hydrogens (tertiary/aromatic N) is 5. The largest absolute Gasteiger partial charge is 1.00 e. The Labute approximate surface area is 745 Å². The Bertz CT molecular complexity index is 2890. The molecule has 1 spiro atoms. The second-order valence-corrected chi connectivity index (χ2v) is 33.4. The number of hydrogen-bond acceptors (Lipinski definition) is 28. The first-order chi connectivity index (χ1) is 50.4. The molecule has 0 aromatic rings. The van der Waals surface area contributed by atoms with Crippen LogP contribution in [0.25, 0.3) is 0 Å². The molecule has 0 aromatic heterocycles. The van der Waals surface area contributed by atoms with Gasteiger partial charge in [-0.15, -0.1) is 0 Å². The summed E-state index contributed by atoms with van der Waals surface area (Å²) in [7, 11) is 5.59. The first kappa shape index (κ1) is 110. The molecule has 111 heavy (non-hydrogen) atoms. The molecule has 0 radical (unpaired) electrons. The number of ether oxygens (including phenoxy) is 11. The molecular weight excluding hydrogens is 1500 g/mol. The second-order valence-electron chi connectivity index (χ2n) is 33.4. The van der Waals surface area contributed by atoms with E-state index in [1.54, 1.807) is 61.1 Å². The van der Waals surface area contributed by atoms with Gasteiger partial charge in [-0.1, -0.05) is 0 Å². The van der Waals surface area contributed by atoms with E-state index in [1.807, 2.05) is 83.1 Å². The molecule has 6 rings (SSSR count). The number of carbonyl (C=O) groups excluding carboxylic acids is 12. The van der Waals surface area contributed by atoms with Crippen molar-refractivity contribution in [3.8, 4) is 6.07 Å². The molecule has 0 saturated carbocycles. The number of esters is 4. The van der Waals surface area contributed by atoms with Gasteiger partial charge < -0.3 is 99.6 Å². The van der Waals surface area contributed by atoms with Crippen LogP contribution in [-0.2, 0) is 85.8 Å². The first-order valence-corrected chi connectivity index (χ1v) is 37.6. The third-order valence-corrected chi connectivity index (χ3v) is 17.4. The number of carbonyl (C=O) groups is 12. The summed E-state index contributed by atoms with van der Waals surface area (Å²) in [6.07, 6.45) is 9.53. The molecule has 6 aliphatic rings. The van der Waals surface area contributed by atoms with Crippen molar-refractivity contribution < 1.29 is 224 Å². The van der Waals surface area contributed by atoms with Crippen molar-refractivity contribution in [2.24, 2.45) is 33.8 Å². The minimum atomic E-state index is -1.06. The number of nitrogens with one attached hydrogen (secondary N) is 2. The predicted octanol–water partition coefficient (Wildman–Crippen LogP) is 4.48. The van der Waals surface area contributed by atoms with E-state index in [0.29, 0.717) is 104 Å². The number of nitriles is 1. The summed E-state index contributed by atoms with van der Waals surface area (Å²) in [5, 5.41) is 23.6. The van der Waals surface area contributed by atoms with Crippen LogP contribution in [-0.4, -0.2) is 233 Å². The van der Waals surface area contributed by atoms with Crippen molar-refractivity contribution in [1.82, 2.24) is 30.2 Å². The van der Waals surface area contributed by atoms with E-state index < -0.39 is 56.7 Å². The third-order valence-electron chi connectivity index (χ3n) is 17.4. The Hall–Kier alpha value is -4.72. The van der Waals surface area contributed by atoms with E-state index in [9.17, 15) is 52.7 Å². The smallest absolute Gasteiger partial charge is 1.00 e. The average molecular weight is 1640 g/mol. The van der Waals surface area contributed by atoms with Crippen LogP contribution in [0.5, 0.6) is 0 Å². The zero-order valence-corrected chi connectivity index (χ0v) is 77.7. The Kier molecular flexibility index (Phi) is 53.2. The topological polar surface area (TPSA) is 425 Å². The van der Waals surface area contributed by atoms with Crippen molar-refractivity contribution in [1.29, 1.82) is 5.26 Å². The minimum Gasteiger partial charge on any atom is -1.00 e. The van der Waals surface area contributed by atoms with Crippen LogP contribution in [0.3, 0.4) is 0 Å². The van der Waals surface area contributed by atoms with Crippen molar-refractivity contribution in [2.45, 2.75) is 274 Å². The van der Waals surface area contributed by atoms with Gasteiger partial charge in [-0.2, -0.15) is 5.26 Å². The molecule has 6 fully saturated rings. The molecule has 5 unspecified atom stereocenters. The number of rotatable bonds is 8. The fraction of sp³-hybridized carbons (Fsp3) is 0.829. The van der Waals surface area contributed by atoms with Crippen LogP contribution in [0.4, 0.5) is 28.8 Å². The van der Waals surface area contributed by atoms with Gasteiger partial charge in [0.2, 0.25) is 5.91 Å². The summed E-state index contributed by atoms with van der Waals surface area (Å²) in [6, 6.07) is 2.07. The maximum Gasteiger partial charge on any atom is 1.00 e. The predicted molar refractivity (Wildman–Crippen MR) is 399 cm³/mol. The average Bonchev–Trinajstić information content (AvgIpc) is 1.66. The summed E-state index contributed by atoms with van der Waals surface area (Å²) in [5.41, 5.74) is 0.641. The number of hydrogen-bond donors (Lipinski definition) is 3. The molecule has 0 aromatic carbocycles. The number of likely N-dealkylation sites (tertiary alicyclic amines) is 4. The van der Waals surface area contributed by atoms with Crippen LogP contribution in [0.15, 0.2) is 0 Å². The van der Waals surface area contributed by atoms with Crippen LogP contribution in [0.1, 0.15) is 242 Å². The Morgan fingerprint density at radius 3 is 1.21 bits per heavy atom. The van der Waals surface area contributed by atoms with E-state index in [2.05, 4.69) is 31.1 Å². The summed E-state index contributed by atoms with van der Waals surface area (Å²) in [6.45, 7) is 39.6. The molecule has 0 bridgehead atoms. The zero-order chi connectivity index (χ0) is 83.8. The van der Waals surface area contributed by atoms with Crippen LogP contribution in [0.2, 0.25) is 0 Å². The molecule has 6 heterocycles. The first-order valence-electron chi connectivity index (χ1n) is 37.6. The van der Waals surface area contributed by atoms with Gasteiger partial charge in [-0.25, -0.2) is 28.8 Å². The van der Waals surface area contributed by atoms with E-state index in [4.69, 9.17) is 63.7 Å². The summed E-state index contributed by atoms with van der Waals surface area (Å²) in [4.78, 5) is 147. The van der Waals surface area contributed by atoms with Gasteiger partial charge in [0.15, 0.2) is 0 Å². The van der Waals surface area contributed by atoms with Gasteiger partial charge in [-0.05, 0) is 253 Å². The van der Waals surface area contributed by atoms with Crippen molar-refractivity contribution in [3.63, 3.8) is 0 Å². The number of methoxy groups -OCH3 is 4. The van der Waals surface area contributed by atoms with Crippen molar-refractivity contribution >= 4 is 72.9 Å². The van der Waals surface area contributed by atoms with Gasteiger partial charge in [0, 0.05) is 58.9 Å². The number of amides is 5. The summed E-state index contributed by atoms with van der Waals surface area (Å²) >= 11 is 0. The van der Waals surface area contributed by atoms with Gasteiger partial charge in [0.05, 0.1) is 69.0 Å².